The van der Waals surface area contributed by atoms with E-state index in [9.17, 15) is 14.9 Å². The number of piperidine rings is 1. The number of rotatable bonds is 4. The van der Waals surface area contributed by atoms with Crippen LogP contribution in [0.4, 0.5) is 5.69 Å². The summed E-state index contributed by atoms with van der Waals surface area (Å²) in [5, 5.41) is 10.9. The molecule has 0 bridgehead atoms. The number of amides is 1. The average molecular weight is 313 g/mol. The Morgan fingerprint density at radius 1 is 1.57 bits per heavy atom. The summed E-state index contributed by atoms with van der Waals surface area (Å²) in [6.07, 6.45) is 1.83. The molecule has 0 saturated carbocycles. The third kappa shape index (κ3) is 3.71. The summed E-state index contributed by atoms with van der Waals surface area (Å²) in [7, 11) is 0. The van der Waals surface area contributed by atoms with Gasteiger partial charge in [-0.05, 0) is 31.9 Å². The summed E-state index contributed by atoms with van der Waals surface area (Å²) in [5.41, 5.74) is 0.0316. The van der Waals surface area contributed by atoms with Crippen LogP contribution in [-0.4, -0.2) is 41.5 Å². The minimum absolute atomic E-state index is 0.0300. The van der Waals surface area contributed by atoms with Crippen LogP contribution >= 0.6 is 11.6 Å². The highest BCUT2D eigenvalue weighted by molar-refractivity contribution is 6.32. The Morgan fingerprint density at radius 3 is 3.00 bits per heavy atom. The molecule has 1 atom stereocenters. The first-order valence-electron chi connectivity index (χ1n) is 6.87. The van der Waals surface area contributed by atoms with E-state index in [1.807, 2.05) is 6.92 Å². The molecular formula is C14H17ClN2O4. The van der Waals surface area contributed by atoms with E-state index in [-0.39, 0.29) is 28.3 Å². The molecule has 2 rings (SSSR count). The first-order chi connectivity index (χ1) is 10.0. The molecule has 0 aromatic heterocycles. The quantitative estimate of drug-likeness (QED) is 0.633. The second-order valence-electron chi connectivity index (χ2n) is 4.89. The Hall–Kier alpha value is -1.66. The van der Waals surface area contributed by atoms with Crippen LogP contribution in [0, 0.1) is 10.1 Å². The van der Waals surface area contributed by atoms with Crippen molar-refractivity contribution in [2.75, 3.05) is 19.7 Å². The van der Waals surface area contributed by atoms with Gasteiger partial charge in [0.05, 0.1) is 11.0 Å². The third-order valence-electron chi connectivity index (χ3n) is 3.46. The number of likely N-dealkylation sites (tertiary alicyclic amines) is 1. The Bertz CT molecular complexity index is 548. The number of benzene rings is 1. The van der Waals surface area contributed by atoms with Gasteiger partial charge >= 0.3 is 0 Å². The molecule has 6 nitrogen and oxygen atoms in total. The van der Waals surface area contributed by atoms with E-state index in [0.29, 0.717) is 19.7 Å². The Kier molecular flexibility index (Phi) is 5.14. The van der Waals surface area contributed by atoms with E-state index >= 15 is 0 Å². The van der Waals surface area contributed by atoms with Gasteiger partial charge in [0.2, 0.25) is 0 Å². The van der Waals surface area contributed by atoms with Crippen molar-refractivity contribution in [1.29, 1.82) is 0 Å². The SMILES string of the molecule is CCOC1CCCN(C(=O)c2ccc(Cl)c([N+](=O)[O-])c2)C1. The molecule has 7 heteroatoms. The standard InChI is InChI=1S/C14H17ClN2O4/c1-2-21-11-4-3-7-16(9-11)14(18)10-5-6-12(15)13(8-10)17(19)20/h5-6,8,11H,2-4,7,9H2,1H3. The Balaban J connectivity index is 2.16. The lowest BCUT2D eigenvalue weighted by Gasteiger charge is -2.32. The molecule has 1 amide bonds. The summed E-state index contributed by atoms with van der Waals surface area (Å²) in [5.74, 6) is -0.223. The summed E-state index contributed by atoms with van der Waals surface area (Å²) in [6, 6.07) is 4.13. The maximum Gasteiger partial charge on any atom is 0.288 e. The van der Waals surface area contributed by atoms with Crippen molar-refractivity contribution < 1.29 is 14.5 Å². The van der Waals surface area contributed by atoms with Crippen LogP contribution in [-0.2, 0) is 4.74 Å². The fraction of sp³-hybridized carbons (Fsp3) is 0.500. The van der Waals surface area contributed by atoms with Crippen molar-refractivity contribution in [2.24, 2.45) is 0 Å². The van der Waals surface area contributed by atoms with E-state index in [1.165, 1.54) is 18.2 Å². The Morgan fingerprint density at radius 2 is 2.33 bits per heavy atom. The summed E-state index contributed by atoms with van der Waals surface area (Å²) < 4.78 is 5.56. The molecule has 0 N–H and O–H groups in total. The van der Waals surface area contributed by atoms with E-state index in [2.05, 4.69) is 0 Å². The van der Waals surface area contributed by atoms with Crippen molar-refractivity contribution in [1.82, 2.24) is 4.90 Å². The predicted octanol–water partition coefficient (Wildman–Crippen LogP) is 2.89. The van der Waals surface area contributed by atoms with E-state index in [4.69, 9.17) is 16.3 Å². The molecule has 1 fully saturated rings. The van der Waals surface area contributed by atoms with Gasteiger partial charge in [-0.15, -0.1) is 0 Å². The topological polar surface area (TPSA) is 72.7 Å². The van der Waals surface area contributed by atoms with Gasteiger partial charge in [-0.1, -0.05) is 11.6 Å². The van der Waals surface area contributed by atoms with Gasteiger partial charge in [-0.25, -0.2) is 0 Å². The van der Waals surface area contributed by atoms with Crippen molar-refractivity contribution in [3.05, 3.63) is 38.9 Å². The van der Waals surface area contributed by atoms with Gasteiger partial charge in [0.25, 0.3) is 11.6 Å². The normalized spacial score (nSPS) is 18.6. The molecule has 1 heterocycles. The number of hydrogen-bond donors (Lipinski definition) is 0. The van der Waals surface area contributed by atoms with Crippen molar-refractivity contribution >= 4 is 23.2 Å². The first kappa shape index (κ1) is 15.7. The molecular weight excluding hydrogens is 296 g/mol. The molecule has 0 radical (unpaired) electrons. The third-order valence-corrected chi connectivity index (χ3v) is 3.78. The number of nitro benzene ring substituents is 1. The average Bonchev–Trinajstić information content (AvgIpc) is 2.47. The molecule has 1 aromatic rings. The lowest BCUT2D eigenvalue weighted by atomic mass is 10.1. The fourth-order valence-electron chi connectivity index (χ4n) is 2.46. The highest BCUT2D eigenvalue weighted by Gasteiger charge is 2.26. The molecule has 1 aromatic carbocycles. The van der Waals surface area contributed by atoms with Gasteiger partial charge in [-0.3, -0.25) is 14.9 Å². The largest absolute Gasteiger partial charge is 0.377 e. The van der Waals surface area contributed by atoms with E-state index < -0.39 is 4.92 Å². The van der Waals surface area contributed by atoms with Gasteiger partial charge in [0.15, 0.2) is 0 Å². The van der Waals surface area contributed by atoms with E-state index in [1.54, 1.807) is 4.90 Å². The van der Waals surface area contributed by atoms with Gasteiger partial charge < -0.3 is 9.64 Å². The number of ether oxygens (including phenoxy) is 1. The number of hydrogen-bond acceptors (Lipinski definition) is 4. The highest BCUT2D eigenvalue weighted by Crippen LogP contribution is 2.26. The molecule has 1 saturated heterocycles. The van der Waals surface area contributed by atoms with Gasteiger partial charge in [-0.2, -0.15) is 0 Å². The number of carbonyl (C=O) groups is 1. The summed E-state index contributed by atoms with van der Waals surface area (Å²) in [6.45, 7) is 3.68. The summed E-state index contributed by atoms with van der Waals surface area (Å²) in [4.78, 5) is 24.4. The molecule has 1 aliphatic rings. The lowest BCUT2D eigenvalue weighted by Crippen LogP contribution is -2.43. The zero-order chi connectivity index (χ0) is 15.4. The molecule has 1 unspecified atom stereocenters. The maximum absolute atomic E-state index is 12.4. The zero-order valence-corrected chi connectivity index (χ0v) is 12.5. The Labute approximate surface area is 127 Å². The van der Waals surface area contributed by atoms with Gasteiger partial charge in [0.1, 0.15) is 5.02 Å². The van der Waals surface area contributed by atoms with Crippen LogP contribution in [0.1, 0.15) is 30.1 Å². The number of nitrogens with zero attached hydrogens (tertiary/aromatic N) is 2. The predicted molar refractivity (Wildman–Crippen MR) is 78.7 cm³/mol. The minimum Gasteiger partial charge on any atom is -0.377 e. The maximum atomic E-state index is 12.4. The first-order valence-corrected chi connectivity index (χ1v) is 7.25. The number of halogens is 1. The van der Waals surface area contributed by atoms with Gasteiger partial charge in [0, 0.05) is 31.3 Å². The second-order valence-corrected chi connectivity index (χ2v) is 5.30. The van der Waals surface area contributed by atoms with E-state index in [0.717, 1.165) is 12.8 Å². The van der Waals surface area contributed by atoms with Crippen LogP contribution in [0.25, 0.3) is 0 Å². The second kappa shape index (κ2) is 6.87. The monoisotopic (exact) mass is 312 g/mol. The van der Waals surface area contributed by atoms with Crippen LogP contribution < -0.4 is 0 Å². The van der Waals surface area contributed by atoms with Crippen molar-refractivity contribution in [3.8, 4) is 0 Å². The van der Waals surface area contributed by atoms with Crippen LogP contribution in [0.5, 0.6) is 0 Å². The summed E-state index contributed by atoms with van der Waals surface area (Å²) >= 11 is 5.76. The van der Waals surface area contributed by atoms with Crippen molar-refractivity contribution in [3.63, 3.8) is 0 Å². The molecule has 114 valence electrons. The number of nitro groups is 1. The van der Waals surface area contributed by atoms with Crippen LogP contribution in [0.2, 0.25) is 5.02 Å². The van der Waals surface area contributed by atoms with Crippen LogP contribution in [0.15, 0.2) is 18.2 Å². The zero-order valence-electron chi connectivity index (χ0n) is 11.8. The fourth-order valence-corrected chi connectivity index (χ4v) is 2.65. The molecule has 1 aliphatic heterocycles. The molecule has 21 heavy (non-hydrogen) atoms. The van der Waals surface area contributed by atoms with Crippen LogP contribution in [0.3, 0.4) is 0 Å². The lowest BCUT2D eigenvalue weighted by molar-refractivity contribution is -0.384. The molecule has 0 aliphatic carbocycles. The molecule has 0 spiro atoms. The number of carbonyl (C=O) groups excluding carboxylic acids is 1. The minimum atomic E-state index is -0.585. The highest BCUT2D eigenvalue weighted by atomic mass is 35.5. The smallest absolute Gasteiger partial charge is 0.288 e. The van der Waals surface area contributed by atoms with Crippen molar-refractivity contribution in [2.45, 2.75) is 25.9 Å².